The SMILES string of the molecule is CNCC1CCCN1C(=O)C(C)c1ccc2ccccc2c1.Cl. The topological polar surface area (TPSA) is 32.3 Å². The van der Waals surface area contributed by atoms with Crippen LogP contribution in [0, 0.1) is 0 Å². The van der Waals surface area contributed by atoms with Crippen molar-refractivity contribution in [3.8, 4) is 0 Å². The molecule has 1 N–H and O–H groups in total. The molecule has 3 nitrogen and oxygen atoms in total. The molecule has 0 radical (unpaired) electrons. The molecule has 0 saturated carbocycles. The van der Waals surface area contributed by atoms with Gasteiger partial charge in [0.15, 0.2) is 0 Å². The van der Waals surface area contributed by atoms with Crippen LogP contribution >= 0.6 is 12.4 Å². The number of amides is 1. The molecule has 23 heavy (non-hydrogen) atoms. The summed E-state index contributed by atoms with van der Waals surface area (Å²) < 4.78 is 0. The van der Waals surface area contributed by atoms with E-state index in [0.29, 0.717) is 6.04 Å². The van der Waals surface area contributed by atoms with Crippen molar-refractivity contribution in [2.45, 2.75) is 31.7 Å². The summed E-state index contributed by atoms with van der Waals surface area (Å²) in [5, 5.41) is 5.63. The number of nitrogens with zero attached hydrogens (tertiary/aromatic N) is 1. The Morgan fingerprint density at radius 2 is 2.00 bits per heavy atom. The van der Waals surface area contributed by atoms with Gasteiger partial charge in [-0.1, -0.05) is 42.5 Å². The third-order valence-electron chi connectivity index (χ3n) is 4.74. The van der Waals surface area contributed by atoms with Gasteiger partial charge in [0.2, 0.25) is 5.91 Å². The highest BCUT2D eigenvalue weighted by Crippen LogP contribution is 2.26. The first kappa shape index (κ1) is 17.8. The molecule has 1 amide bonds. The van der Waals surface area contributed by atoms with Gasteiger partial charge in [-0.15, -0.1) is 12.4 Å². The molecule has 4 heteroatoms. The Kier molecular flexibility index (Phi) is 6.03. The first-order valence-corrected chi connectivity index (χ1v) is 8.14. The predicted molar refractivity (Wildman–Crippen MR) is 98.3 cm³/mol. The highest BCUT2D eigenvalue weighted by Gasteiger charge is 2.31. The number of halogens is 1. The fourth-order valence-corrected chi connectivity index (χ4v) is 3.44. The van der Waals surface area contributed by atoms with E-state index >= 15 is 0 Å². The first-order valence-electron chi connectivity index (χ1n) is 8.14. The zero-order chi connectivity index (χ0) is 15.5. The van der Waals surface area contributed by atoms with Crippen molar-refractivity contribution in [3.63, 3.8) is 0 Å². The van der Waals surface area contributed by atoms with Gasteiger partial charge >= 0.3 is 0 Å². The van der Waals surface area contributed by atoms with E-state index in [9.17, 15) is 4.79 Å². The number of hydrogen-bond donors (Lipinski definition) is 1. The van der Waals surface area contributed by atoms with E-state index in [0.717, 1.165) is 31.5 Å². The van der Waals surface area contributed by atoms with E-state index < -0.39 is 0 Å². The van der Waals surface area contributed by atoms with Crippen LogP contribution < -0.4 is 5.32 Å². The Labute approximate surface area is 144 Å². The summed E-state index contributed by atoms with van der Waals surface area (Å²) in [6, 6.07) is 15.0. The summed E-state index contributed by atoms with van der Waals surface area (Å²) in [4.78, 5) is 14.9. The molecule has 1 heterocycles. The van der Waals surface area contributed by atoms with Crippen molar-refractivity contribution in [2.24, 2.45) is 0 Å². The zero-order valence-electron chi connectivity index (χ0n) is 13.8. The van der Waals surface area contributed by atoms with Gasteiger partial charge in [-0.2, -0.15) is 0 Å². The van der Waals surface area contributed by atoms with Gasteiger partial charge < -0.3 is 10.2 Å². The Bertz CT molecular complexity index is 673. The molecule has 1 fully saturated rings. The Balaban J connectivity index is 0.00000192. The number of carbonyl (C=O) groups is 1. The number of hydrogen-bond acceptors (Lipinski definition) is 2. The summed E-state index contributed by atoms with van der Waals surface area (Å²) >= 11 is 0. The number of fused-ring (bicyclic) bond motifs is 1. The Morgan fingerprint density at radius 3 is 2.74 bits per heavy atom. The largest absolute Gasteiger partial charge is 0.338 e. The zero-order valence-corrected chi connectivity index (χ0v) is 14.6. The van der Waals surface area contributed by atoms with Gasteiger partial charge in [-0.25, -0.2) is 0 Å². The summed E-state index contributed by atoms with van der Waals surface area (Å²) in [5.41, 5.74) is 1.11. The van der Waals surface area contributed by atoms with E-state index in [1.165, 1.54) is 10.8 Å². The second-order valence-electron chi connectivity index (χ2n) is 6.21. The molecule has 3 rings (SSSR count). The lowest BCUT2D eigenvalue weighted by Gasteiger charge is -2.27. The monoisotopic (exact) mass is 332 g/mol. The molecule has 1 aliphatic heterocycles. The number of benzene rings is 2. The lowest BCUT2D eigenvalue weighted by molar-refractivity contribution is -0.133. The maximum Gasteiger partial charge on any atom is 0.230 e. The van der Waals surface area contributed by atoms with Crippen molar-refractivity contribution in [1.82, 2.24) is 10.2 Å². The molecule has 0 spiro atoms. The predicted octanol–water partition coefficient (Wildman–Crippen LogP) is 3.58. The van der Waals surface area contributed by atoms with E-state index in [2.05, 4.69) is 40.5 Å². The number of rotatable bonds is 4. The average molecular weight is 333 g/mol. The van der Waals surface area contributed by atoms with Crippen LogP contribution in [0.2, 0.25) is 0 Å². The standard InChI is InChI=1S/C19H24N2O.ClH/c1-14(19(22)21-11-5-8-18(21)13-20-2)16-10-9-15-6-3-4-7-17(15)12-16;/h3-4,6-7,9-10,12,14,18,20H,5,8,11,13H2,1-2H3;1H. The highest BCUT2D eigenvalue weighted by molar-refractivity contribution is 5.88. The minimum Gasteiger partial charge on any atom is -0.338 e. The van der Waals surface area contributed by atoms with Crippen LogP contribution in [-0.4, -0.2) is 37.0 Å². The highest BCUT2D eigenvalue weighted by atomic mass is 35.5. The van der Waals surface area contributed by atoms with Gasteiger partial charge in [0.1, 0.15) is 0 Å². The quantitative estimate of drug-likeness (QED) is 0.928. The summed E-state index contributed by atoms with van der Waals surface area (Å²) in [6.45, 7) is 3.81. The molecule has 124 valence electrons. The Morgan fingerprint density at radius 1 is 1.26 bits per heavy atom. The van der Waals surface area contributed by atoms with Crippen LogP contribution in [-0.2, 0) is 4.79 Å². The molecule has 1 aliphatic rings. The minimum atomic E-state index is -0.0814. The van der Waals surface area contributed by atoms with Crippen LogP contribution in [0.4, 0.5) is 0 Å². The molecule has 0 aromatic heterocycles. The molecular weight excluding hydrogens is 308 g/mol. The normalized spacial score (nSPS) is 18.7. The fraction of sp³-hybridized carbons (Fsp3) is 0.421. The second-order valence-corrected chi connectivity index (χ2v) is 6.21. The molecule has 2 aromatic rings. The van der Waals surface area contributed by atoms with E-state index in [1.54, 1.807) is 0 Å². The van der Waals surface area contributed by atoms with Crippen LogP contribution in [0.1, 0.15) is 31.2 Å². The molecule has 1 saturated heterocycles. The van der Waals surface area contributed by atoms with Gasteiger partial charge in [0.05, 0.1) is 5.92 Å². The first-order chi connectivity index (χ1) is 10.7. The lowest BCUT2D eigenvalue weighted by atomic mass is 9.96. The van der Waals surface area contributed by atoms with Crippen molar-refractivity contribution in [3.05, 3.63) is 48.0 Å². The molecule has 0 bridgehead atoms. The Hall–Kier alpha value is -1.58. The third kappa shape index (κ3) is 3.67. The van der Waals surface area contributed by atoms with Crippen LogP contribution in [0.3, 0.4) is 0 Å². The summed E-state index contributed by atoms with van der Waals surface area (Å²) in [7, 11) is 1.95. The van der Waals surface area contributed by atoms with Gasteiger partial charge in [-0.3, -0.25) is 4.79 Å². The molecule has 0 aliphatic carbocycles. The number of nitrogens with one attached hydrogen (secondary N) is 1. The molecule has 2 unspecified atom stereocenters. The molecule has 2 aromatic carbocycles. The van der Waals surface area contributed by atoms with Gasteiger partial charge in [0.25, 0.3) is 0 Å². The average Bonchev–Trinajstić information content (AvgIpc) is 3.01. The number of likely N-dealkylation sites (N-methyl/N-ethyl adjacent to an activating group) is 1. The van der Waals surface area contributed by atoms with Crippen molar-refractivity contribution < 1.29 is 4.79 Å². The third-order valence-corrected chi connectivity index (χ3v) is 4.74. The van der Waals surface area contributed by atoms with Crippen LogP contribution in [0.5, 0.6) is 0 Å². The smallest absolute Gasteiger partial charge is 0.230 e. The van der Waals surface area contributed by atoms with Gasteiger partial charge in [-0.05, 0) is 43.1 Å². The van der Waals surface area contributed by atoms with E-state index in [1.807, 2.05) is 26.1 Å². The van der Waals surface area contributed by atoms with E-state index in [-0.39, 0.29) is 24.2 Å². The lowest BCUT2D eigenvalue weighted by Crippen LogP contribution is -2.42. The fourth-order valence-electron chi connectivity index (χ4n) is 3.44. The number of likely N-dealkylation sites (tertiary alicyclic amines) is 1. The van der Waals surface area contributed by atoms with Crippen LogP contribution in [0.15, 0.2) is 42.5 Å². The van der Waals surface area contributed by atoms with Crippen molar-refractivity contribution in [1.29, 1.82) is 0 Å². The molecule has 2 atom stereocenters. The minimum absolute atomic E-state index is 0. The summed E-state index contributed by atoms with van der Waals surface area (Å²) in [5.74, 6) is 0.176. The summed E-state index contributed by atoms with van der Waals surface area (Å²) in [6.07, 6.45) is 2.22. The molecular formula is C19H25ClN2O. The van der Waals surface area contributed by atoms with Crippen molar-refractivity contribution >= 4 is 29.1 Å². The van der Waals surface area contributed by atoms with E-state index in [4.69, 9.17) is 0 Å². The maximum absolute atomic E-state index is 12.9. The van der Waals surface area contributed by atoms with Crippen LogP contribution in [0.25, 0.3) is 10.8 Å². The van der Waals surface area contributed by atoms with Gasteiger partial charge in [0, 0.05) is 19.1 Å². The van der Waals surface area contributed by atoms with Crippen molar-refractivity contribution in [2.75, 3.05) is 20.1 Å². The number of carbonyl (C=O) groups excluding carboxylic acids is 1. The maximum atomic E-state index is 12.9. The second kappa shape index (κ2) is 7.80.